The van der Waals surface area contributed by atoms with Crippen LogP contribution in [0, 0.1) is 5.92 Å². The lowest BCUT2D eigenvalue weighted by Gasteiger charge is -2.17. The van der Waals surface area contributed by atoms with Crippen molar-refractivity contribution in [2.24, 2.45) is 5.92 Å². The molecule has 0 radical (unpaired) electrons. The molecule has 0 fully saturated rings. The molecule has 1 heterocycles. The van der Waals surface area contributed by atoms with E-state index in [0.717, 1.165) is 0 Å². The maximum absolute atomic E-state index is 13.0. The zero-order valence-corrected chi connectivity index (χ0v) is 16.4. The Hall–Kier alpha value is -1.95. The number of rotatable bonds is 7. The quantitative estimate of drug-likeness (QED) is 0.693. The van der Waals surface area contributed by atoms with Gasteiger partial charge >= 0.3 is 0 Å². The van der Waals surface area contributed by atoms with Crippen LogP contribution >= 0.6 is 11.8 Å². The maximum Gasteiger partial charge on any atom is 0.268 e. The molecular weight excluding hydrogens is 338 g/mol. The van der Waals surface area contributed by atoms with E-state index in [9.17, 15) is 9.59 Å². The van der Waals surface area contributed by atoms with E-state index in [1.165, 1.54) is 16.7 Å². The minimum Gasteiger partial charge on any atom is -0.493 e. The normalized spacial score (nSPS) is 15.0. The number of carbonyl (C=O) groups is 2. The van der Waals surface area contributed by atoms with Crippen LogP contribution < -0.4 is 9.47 Å². The van der Waals surface area contributed by atoms with E-state index in [-0.39, 0.29) is 23.0 Å². The lowest BCUT2D eigenvalue weighted by Crippen LogP contribution is -2.34. The van der Waals surface area contributed by atoms with E-state index >= 15 is 0 Å². The smallest absolute Gasteiger partial charge is 0.268 e. The highest BCUT2D eigenvalue weighted by atomic mass is 32.2. The molecule has 0 saturated carbocycles. The number of hydrogen-bond donors (Lipinski definition) is 0. The SMILES string of the molecule is COc1ccc(C2=C(SC(C)C)C(=O)N(CC(C)C)C2=O)cc1OC. The molecule has 0 bridgehead atoms. The first-order valence-corrected chi connectivity index (χ1v) is 9.17. The van der Waals surface area contributed by atoms with Crippen molar-refractivity contribution in [1.29, 1.82) is 0 Å². The zero-order chi connectivity index (χ0) is 18.7. The standard InChI is InChI=1S/C19H25NO4S/c1-11(2)10-20-18(21)16(17(19(20)22)25-12(3)4)13-7-8-14(23-5)15(9-13)24-6/h7-9,11-12H,10H2,1-6H3. The van der Waals surface area contributed by atoms with Crippen molar-refractivity contribution in [2.45, 2.75) is 32.9 Å². The Labute approximate surface area is 153 Å². The van der Waals surface area contributed by atoms with Crippen LogP contribution in [-0.2, 0) is 9.59 Å². The first-order valence-electron chi connectivity index (χ1n) is 8.29. The minimum atomic E-state index is -0.242. The van der Waals surface area contributed by atoms with E-state index in [1.807, 2.05) is 27.7 Å². The van der Waals surface area contributed by atoms with Gasteiger partial charge in [-0.3, -0.25) is 14.5 Å². The summed E-state index contributed by atoms with van der Waals surface area (Å²) in [5.41, 5.74) is 1.12. The molecule has 1 aromatic carbocycles. The largest absolute Gasteiger partial charge is 0.493 e. The van der Waals surface area contributed by atoms with Crippen LogP contribution in [0.3, 0.4) is 0 Å². The van der Waals surface area contributed by atoms with Crippen molar-refractivity contribution in [3.8, 4) is 11.5 Å². The summed E-state index contributed by atoms with van der Waals surface area (Å²) in [6.45, 7) is 8.41. The summed E-state index contributed by atoms with van der Waals surface area (Å²) in [4.78, 5) is 27.6. The highest BCUT2D eigenvalue weighted by Crippen LogP contribution is 2.40. The Kier molecular flexibility index (Phi) is 6.16. The van der Waals surface area contributed by atoms with Crippen LogP contribution in [-0.4, -0.2) is 42.7 Å². The van der Waals surface area contributed by atoms with Gasteiger partial charge in [0.25, 0.3) is 11.8 Å². The molecule has 1 aliphatic rings. The van der Waals surface area contributed by atoms with Crippen molar-refractivity contribution in [3.63, 3.8) is 0 Å². The van der Waals surface area contributed by atoms with Crippen molar-refractivity contribution in [3.05, 3.63) is 28.7 Å². The van der Waals surface area contributed by atoms with Crippen LogP contribution in [0.25, 0.3) is 5.57 Å². The van der Waals surface area contributed by atoms with Gasteiger partial charge in [0.05, 0.1) is 24.7 Å². The number of methoxy groups -OCH3 is 2. The summed E-state index contributed by atoms with van der Waals surface area (Å²) >= 11 is 1.43. The number of thioether (sulfide) groups is 1. The fourth-order valence-corrected chi connectivity index (χ4v) is 3.68. The molecule has 0 saturated heterocycles. The predicted octanol–water partition coefficient (Wildman–Crippen LogP) is 3.58. The number of amides is 2. The number of benzene rings is 1. The van der Waals surface area contributed by atoms with Gasteiger partial charge in [-0.25, -0.2) is 0 Å². The number of carbonyl (C=O) groups excluding carboxylic acids is 2. The summed E-state index contributed by atoms with van der Waals surface area (Å²) in [5.74, 6) is 0.879. The van der Waals surface area contributed by atoms with Crippen molar-refractivity contribution >= 4 is 29.1 Å². The minimum absolute atomic E-state index is 0.195. The Morgan fingerprint density at radius 1 is 1.00 bits per heavy atom. The Morgan fingerprint density at radius 3 is 2.16 bits per heavy atom. The summed E-state index contributed by atoms with van der Waals surface area (Å²) in [5, 5.41) is 0.195. The molecule has 6 heteroatoms. The van der Waals surface area contributed by atoms with Gasteiger partial charge in [0, 0.05) is 11.8 Å². The lowest BCUT2D eigenvalue weighted by molar-refractivity contribution is -0.137. The lowest BCUT2D eigenvalue weighted by atomic mass is 10.1. The van der Waals surface area contributed by atoms with E-state index in [2.05, 4.69) is 0 Å². The molecule has 5 nitrogen and oxygen atoms in total. The third-order valence-corrected chi connectivity index (χ3v) is 4.78. The van der Waals surface area contributed by atoms with E-state index in [1.54, 1.807) is 32.4 Å². The third-order valence-electron chi connectivity index (χ3n) is 3.70. The van der Waals surface area contributed by atoms with Crippen LogP contribution in [0.15, 0.2) is 23.1 Å². The molecule has 2 amide bonds. The molecule has 1 aromatic rings. The van der Waals surface area contributed by atoms with Gasteiger partial charge in [-0.15, -0.1) is 11.8 Å². The Balaban J connectivity index is 2.54. The maximum atomic E-state index is 13.0. The van der Waals surface area contributed by atoms with Gasteiger partial charge in [0.1, 0.15) is 0 Å². The van der Waals surface area contributed by atoms with Gasteiger partial charge in [-0.2, -0.15) is 0 Å². The van der Waals surface area contributed by atoms with Gasteiger partial charge in [-0.05, 0) is 23.6 Å². The molecular formula is C19H25NO4S. The highest BCUT2D eigenvalue weighted by molar-refractivity contribution is 8.04. The summed E-state index contributed by atoms with van der Waals surface area (Å²) in [6.07, 6.45) is 0. The topological polar surface area (TPSA) is 55.8 Å². The molecule has 25 heavy (non-hydrogen) atoms. The third kappa shape index (κ3) is 4.00. The molecule has 0 N–H and O–H groups in total. The summed E-state index contributed by atoms with van der Waals surface area (Å²) < 4.78 is 10.6. The Morgan fingerprint density at radius 2 is 1.64 bits per heavy atom. The molecule has 0 atom stereocenters. The molecule has 0 aromatic heterocycles. The molecule has 0 unspecified atom stereocenters. The average molecular weight is 363 g/mol. The summed E-state index contributed by atoms with van der Waals surface area (Å²) in [7, 11) is 3.11. The number of hydrogen-bond acceptors (Lipinski definition) is 5. The van der Waals surface area contributed by atoms with Gasteiger partial charge in [-0.1, -0.05) is 33.8 Å². The number of nitrogens with zero attached hydrogens (tertiary/aromatic N) is 1. The fourth-order valence-electron chi connectivity index (χ4n) is 2.68. The molecule has 2 rings (SSSR count). The summed E-state index contributed by atoms with van der Waals surface area (Å²) in [6, 6.07) is 5.29. The molecule has 0 spiro atoms. The number of ether oxygens (including phenoxy) is 2. The van der Waals surface area contributed by atoms with E-state index < -0.39 is 0 Å². The van der Waals surface area contributed by atoms with Crippen LogP contribution in [0.1, 0.15) is 33.3 Å². The van der Waals surface area contributed by atoms with Gasteiger partial charge in [0.15, 0.2) is 11.5 Å². The first kappa shape index (κ1) is 19.4. The van der Waals surface area contributed by atoms with Crippen LogP contribution in [0.4, 0.5) is 0 Å². The fraction of sp³-hybridized carbons (Fsp3) is 0.474. The van der Waals surface area contributed by atoms with Crippen LogP contribution in [0.2, 0.25) is 0 Å². The Bertz CT molecular complexity index is 709. The number of imide groups is 1. The van der Waals surface area contributed by atoms with Gasteiger partial charge in [0.2, 0.25) is 0 Å². The second kappa shape index (κ2) is 7.95. The molecule has 1 aliphatic heterocycles. The van der Waals surface area contributed by atoms with E-state index in [4.69, 9.17) is 9.47 Å². The molecule has 0 aliphatic carbocycles. The monoisotopic (exact) mass is 363 g/mol. The van der Waals surface area contributed by atoms with Crippen molar-refractivity contribution < 1.29 is 19.1 Å². The average Bonchev–Trinajstić information content (AvgIpc) is 2.78. The van der Waals surface area contributed by atoms with Crippen LogP contribution in [0.5, 0.6) is 11.5 Å². The van der Waals surface area contributed by atoms with E-state index in [0.29, 0.717) is 34.1 Å². The van der Waals surface area contributed by atoms with Crippen molar-refractivity contribution in [1.82, 2.24) is 4.90 Å². The highest BCUT2D eigenvalue weighted by Gasteiger charge is 2.39. The van der Waals surface area contributed by atoms with Crippen molar-refractivity contribution in [2.75, 3.05) is 20.8 Å². The zero-order valence-electron chi connectivity index (χ0n) is 15.6. The molecule has 136 valence electrons. The predicted molar refractivity (Wildman–Crippen MR) is 101 cm³/mol. The van der Waals surface area contributed by atoms with Gasteiger partial charge < -0.3 is 9.47 Å². The second-order valence-electron chi connectivity index (χ2n) is 6.56. The first-order chi connectivity index (χ1) is 11.8. The second-order valence-corrected chi connectivity index (χ2v) is 8.14.